The Hall–Kier alpha value is -1.46. The Morgan fingerprint density at radius 1 is 1.41 bits per heavy atom. The molecule has 92 valence electrons. The van der Waals surface area contributed by atoms with Gasteiger partial charge in [-0.25, -0.2) is 0 Å². The molecule has 1 rings (SSSR count). The summed E-state index contributed by atoms with van der Waals surface area (Å²) in [5.74, 6) is -0.107. The molecule has 0 aromatic heterocycles. The molecular weight excluding hydrogens is 234 g/mol. The molecule has 0 saturated heterocycles. The highest BCUT2D eigenvalue weighted by Crippen LogP contribution is 2.05. The number of carbonyl (C=O) groups is 1. The first-order valence-corrected chi connectivity index (χ1v) is 5.74. The molecular formula is C12H17N3OS. The van der Waals surface area contributed by atoms with Crippen molar-refractivity contribution in [3.63, 3.8) is 0 Å². The van der Waals surface area contributed by atoms with E-state index in [2.05, 4.69) is 5.32 Å². The Balaban J connectivity index is 2.63. The Labute approximate surface area is 107 Å². The van der Waals surface area contributed by atoms with Gasteiger partial charge in [0, 0.05) is 24.2 Å². The Morgan fingerprint density at radius 3 is 2.65 bits per heavy atom. The van der Waals surface area contributed by atoms with Gasteiger partial charge in [-0.2, -0.15) is 0 Å². The summed E-state index contributed by atoms with van der Waals surface area (Å²) < 4.78 is 0. The first-order chi connectivity index (χ1) is 8.00. The van der Waals surface area contributed by atoms with E-state index in [1.54, 1.807) is 24.3 Å². The second kappa shape index (κ2) is 6.32. The molecule has 0 radical (unpaired) electrons. The fraction of sp³-hybridized carbons (Fsp3) is 0.333. The molecule has 1 aromatic rings. The molecule has 0 spiro atoms. The van der Waals surface area contributed by atoms with Crippen LogP contribution in [-0.2, 0) is 0 Å². The topological polar surface area (TPSA) is 58.4 Å². The predicted molar refractivity (Wildman–Crippen MR) is 73.2 cm³/mol. The zero-order chi connectivity index (χ0) is 12.8. The number of rotatable bonds is 5. The van der Waals surface area contributed by atoms with Gasteiger partial charge in [-0.1, -0.05) is 24.4 Å². The van der Waals surface area contributed by atoms with E-state index in [4.69, 9.17) is 18.0 Å². The van der Waals surface area contributed by atoms with Crippen LogP contribution in [0.1, 0.15) is 15.9 Å². The van der Waals surface area contributed by atoms with Gasteiger partial charge in [-0.3, -0.25) is 4.79 Å². The number of benzene rings is 1. The summed E-state index contributed by atoms with van der Waals surface area (Å²) in [5, 5.41) is 2.83. The number of nitrogens with one attached hydrogen (secondary N) is 1. The third-order valence-electron chi connectivity index (χ3n) is 2.25. The van der Waals surface area contributed by atoms with Crippen LogP contribution in [0.3, 0.4) is 0 Å². The van der Waals surface area contributed by atoms with Gasteiger partial charge in [0.1, 0.15) is 4.99 Å². The Morgan fingerprint density at radius 2 is 2.06 bits per heavy atom. The highest BCUT2D eigenvalue weighted by molar-refractivity contribution is 7.80. The predicted octanol–water partition coefficient (Wildman–Crippen LogP) is 0.612. The number of hydrogen-bond acceptors (Lipinski definition) is 3. The fourth-order valence-corrected chi connectivity index (χ4v) is 1.44. The lowest BCUT2D eigenvalue weighted by Gasteiger charge is -2.10. The minimum Gasteiger partial charge on any atom is -0.389 e. The number of amides is 1. The summed E-state index contributed by atoms with van der Waals surface area (Å²) in [4.78, 5) is 14.1. The third-order valence-corrected chi connectivity index (χ3v) is 2.49. The van der Waals surface area contributed by atoms with Gasteiger partial charge in [0.15, 0.2) is 0 Å². The lowest BCUT2D eigenvalue weighted by atomic mass is 10.1. The van der Waals surface area contributed by atoms with Crippen molar-refractivity contribution >= 4 is 23.1 Å². The summed E-state index contributed by atoms with van der Waals surface area (Å²) in [6, 6.07) is 7.01. The van der Waals surface area contributed by atoms with Crippen molar-refractivity contribution < 1.29 is 4.79 Å². The van der Waals surface area contributed by atoms with Gasteiger partial charge >= 0.3 is 0 Å². The molecule has 0 unspecified atom stereocenters. The first kappa shape index (κ1) is 13.6. The van der Waals surface area contributed by atoms with Crippen molar-refractivity contribution in [3.8, 4) is 0 Å². The van der Waals surface area contributed by atoms with Crippen LogP contribution in [0.2, 0.25) is 0 Å². The van der Waals surface area contributed by atoms with Crippen LogP contribution >= 0.6 is 12.2 Å². The monoisotopic (exact) mass is 251 g/mol. The van der Waals surface area contributed by atoms with E-state index in [1.807, 2.05) is 19.0 Å². The summed E-state index contributed by atoms with van der Waals surface area (Å²) in [6.45, 7) is 1.42. The minimum absolute atomic E-state index is 0.107. The SMILES string of the molecule is CN(C)CCNC(=O)c1cccc(C(N)=S)c1. The molecule has 0 heterocycles. The van der Waals surface area contributed by atoms with Crippen LogP contribution in [0.15, 0.2) is 24.3 Å². The Bertz CT molecular complexity index is 418. The molecule has 0 atom stereocenters. The maximum atomic E-state index is 11.8. The van der Waals surface area contributed by atoms with Crippen LogP contribution in [0.5, 0.6) is 0 Å². The number of hydrogen-bond donors (Lipinski definition) is 2. The zero-order valence-corrected chi connectivity index (χ0v) is 10.9. The molecule has 3 N–H and O–H groups in total. The molecule has 0 aliphatic heterocycles. The van der Waals surface area contributed by atoms with Gasteiger partial charge in [0.2, 0.25) is 0 Å². The van der Waals surface area contributed by atoms with Crippen molar-refractivity contribution in [2.75, 3.05) is 27.2 Å². The smallest absolute Gasteiger partial charge is 0.251 e. The second-order valence-corrected chi connectivity index (χ2v) is 4.44. The molecule has 0 bridgehead atoms. The van der Waals surface area contributed by atoms with E-state index in [0.717, 1.165) is 6.54 Å². The molecule has 17 heavy (non-hydrogen) atoms. The number of likely N-dealkylation sites (N-methyl/N-ethyl adjacent to an activating group) is 1. The van der Waals surface area contributed by atoms with Gasteiger partial charge in [0.25, 0.3) is 5.91 Å². The van der Waals surface area contributed by atoms with Crippen LogP contribution in [0.25, 0.3) is 0 Å². The van der Waals surface area contributed by atoms with E-state index < -0.39 is 0 Å². The van der Waals surface area contributed by atoms with E-state index in [-0.39, 0.29) is 5.91 Å². The summed E-state index contributed by atoms with van der Waals surface area (Å²) in [7, 11) is 3.92. The number of carbonyl (C=O) groups excluding carboxylic acids is 1. The van der Waals surface area contributed by atoms with Crippen molar-refractivity contribution in [1.82, 2.24) is 10.2 Å². The van der Waals surface area contributed by atoms with Gasteiger partial charge < -0.3 is 16.0 Å². The molecule has 5 heteroatoms. The molecule has 0 saturated carbocycles. The minimum atomic E-state index is -0.107. The van der Waals surface area contributed by atoms with Crippen molar-refractivity contribution in [1.29, 1.82) is 0 Å². The van der Waals surface area contributed by atoms with E-state index in [0.29, 0.717) is 22.7 Å². The average molecular weight is 251 g/mol. The highest BCUT2D eigenvalue weighted by atomic mass is 32.1. The average Bonchev–Trinajstić information content (AvgIpc) is 2.28. The van der Waals surface area contributed by atoms with Crippen molar-refractivity contribution in [2.45, 2.75) is 0 Å². The van der Waals surface area contributed by atoms with Gasteiger partial charge in [0.05, 0.1) is 0 Å². The molecule has 1 aromatic carbocycles. The van der Waals surface area contributed by atoms with Crippen LogP contribution in [0.4, 0.5) is 0 Å². The lowest BCUT2D eigenvalue weighted by Crippen LogP contribution is -2.31. The van der Waals surface area contributed by atoms with E-state index in [1.165, 1.54) is 0 Å². The van der Waals surface area contributed by atoms with Crippen LogP contribution in [0, 0.1) is 0 Å². The molecule has 0 aliphatic carbocycles. The van der Waals surface area contributed by atoms with E-state index in [9.17, 15) is 4.79 Å². The fourth-order valence-electron chi connectivity index (χ4n) is 1.31. The molecule has 4 nitrogen and oxygen atoms in total. The van der Waals surface area contributed by atoms with Crippen molar-refractivity contribution in [2.24, 2.45) is 5.73 Å². The van der Waals surface area contributed by atoms with Gasteiger partial charge in [-0.05, 0) is 26.2 Å². The normalized spacial score (nSPS) is 10.3. The molecule has 1 amide bonds. The largest absolute Gasteiger partial charge is 0.389 e. The van der Waals surface area contributed by atoms with Crippen LogP contribution < -0.4 is 11.1 Å². The quantitative estimate of drug-likeness (QED) is 0.753. The third kappa shape index (κ3) is 4.50. The number of thiocarbonyl (C=S) groups is 1. The number of nitrogens with zero attached hydrogens (tertiary/aromatic N) is 1. The van der Waals surface area contributed by atoms with Crippen LogP contribution in [-0.4, -0.2) is 43.0 Å². The summed E-state index contributed by atoms with van der Waals surface area (Å²) in [6.07, 6.45) is 0. The zero-order valence-electron chi connectivity index (χ0n) is 10.1. The van der Waals surface area contributed by atoms with Gasteiger partial charge in [-0.15, -0.1) is 0 Å². The van der Waals surface area contributed by atoms with E-state index >= 15 is 0 Å². The highest BCUT2D eigenvalue weighted by Gasteiger charge is 2.06. The maximum absolute atomic E-state index is 11.8. The standard InChI is InChI=1S/C12H17N3OS/c1-15(2)7-6-14-12(16)10-5-3-4-9(8-10)11(13)17/h3-5,8H,6-7H2,1-2H3,(H2,13,17)(H,14,16). The summed E-state index contributed by atoms with van der Waals surface area (Å²) >= 11 is 4.87. The molecule has 0 aliphatic rings. The molecule has 0 fully saturated rings. The second-order valence-electron chi connectivity index (χ2n) is 4.00. The Kier molecular flexibility index (Phi) is 5.06. The van der Waals surface area contributed by atoms with Crippen molar-refractivity contribution in [3.05, 3.63) is 35.4 Å². The lowest BCUT2D eigenvalue weighted by molar-refractivity contribution is 0.0951. The first-order valence-electron chi connectivity index (χ1n) is 5.33. The number of nitrogens with two attached hydrogens (primary N) is 1. The maximum Gasteiger partial charge on any atom is 0.251 e. The summed E-state index contributed by atoms with van der Waals surface area (Å²) in [5.41, 5.74) is 6.80.